The summed E-state index contributed by atoms with van der Waals surface area (Å²) in [5.74, 6) is -0.774. The van der Waals surface area contributed by atoms with Crippen LogP contribution in [0.5, 0.6) is 6.01 Å². The number of nitrogens with one attached hydrogen (secondary N) is 1. The molecule has 2 heterocycles. The molecule has 1 unspecified atom stereocenters. The van der Waals surface area contributed by atoms with E-state index in [-0.39, 0.29) is 11.9 Å². The molecule has 23 heavy (non-hydrogen) atoms. The number of hydrogen-bond acceptors (Lipinski definition) is 5. The third kappa shape index (κ3) is 1.81. The zero-order valence-electron chi connectivity index (χ0n) is 12.6. The van der Waals surface area contributed by atoms with E-state index >= 15 is 0 Å². The summed E-state index contributed by atoms with van der Waals surface area (Å²) in [5, 5.41) is 2.46. The van der Waals surface area contributed by atoms with E-state index in [1.54, 1.807) is 0 Å². The van der Waals surface area contributed by atoms with Crippen LogP contribution >= 0.6 is 0 Å². The lowest BCUT2D eigenvalue weighted by Gasteiger charge is -2.33. The third-order valence-corrected chi connectivity index (χ3v) is 4.55. The number of fused-ring (bicyclic) bond motifs is 4. The fourth-order valence-electron chi connectivity index (χ4n) is 3.53. The van der Waals surface area contributed by atoms with Crippen LogP contribution in [-0.2, 0) is 16.6 Å². The molecule has 1 aromatic carbocycles. The maximum Gasteiger partial charge on any atom is 0.316 e. The molecule has 0 saturated carbocycles. The Morgan fingerprint density at radius 1 is 1.30 bits per heavy atom. The minimum absolute atomic E-state index is 0.192. The number of rotatable bonds is 2. The van der Waals surface area contributed by atoms with Gasteiger partial charge in [-0.05, 0) is 30.9 Å². The average Bonchev–Trinajstić information content (AvgIpc) is 2.94. The zero-order chi connectivity index (χ0) is 16.0. The van der Waals surface area contributed by atoms with Crippen molar-refractivity contribution in [1.29, 1.82) is 0 Å². The molecule has 1 aliphatic carbocycles. The molecule has 6 heteroatoms. The molecule has 1 aliphatic heterocycles. The van der Waals surface area contributed by atoms with Gasteiger partial charge in [-0.15, -0.1) is 0 Å². The molecule has 1 atom stereocenters. The van der Waals surface area contributed by atoms with Crippen LogP contribution in [0.3, 0.4) is 0 Å². The van der Waals surface area contributed by atoms with Crippen molar-refractivity contribution >= 4 is 11.8 Å². The summed E-state index contributed by atoms with van der Waals surface area (Å²) in [4.78, 5) is 33.4. The Morgan fingerprint density at radius 3 is 2.96 bits per heavy atom. The molecule has 0 fully saturated rings. The van der Waals surface area contributed by atoms with Crippen molar-refractivity contribution in [3.8, 4) is 6.01 Å². The highest BCUT2D eigenvalue weighted by Crippen LogP contribution is 2.46. The Kier molecular flexibility index (Phi) is 2.94. The molecule has 0 saturated heterocycles. The number of nitrogens with zero attached hydrogens (tertiary/aromatic N) is 2. The normalized spacial score (nSPS) is 21.8. The van der Waals surface area contributed by atoms with Gasteiger partial charge < -0.3 is 4.74 Å². The van der Waals surface area contributed by atoms with E-state index in [1.165, 1.54) is 6.20 Å². The highest BCUT2D eigenvalue weighted by molar-refractivity contribution is 6.14. The quantitative estimate of drug-likeness (QED) is 0.848. The fourth-order valence-corrected chi connectivity index (χ4v) is 3.53. The molecule has 2 aliphatic rings. The summed E-state index contributed by atoms with van der Waals surface area (Å²) in [7, 11) is 0. The molecule has 4 rings (SSSR count). The Hall–Kier alpha value is -2.76. The van der Waals surface area contributed by atoms with E-state index in [1.807, 2.05) is 31.2 Å². The van der Waals surface area contributed by atoms with E-state index in [9.17, 15) is 9.59 Å². The number of ether oxygens (including phenoxy) is 1. The highest BCUT2D eigenvalue weighted by Gasteiger charge is 2.53. The minimum atomic E-state index is -0.936. The van der Waals surface area contributed by atoms with Crippen molar-refractivity contribution in [3.05, 3.63) is 52.8 Å². The second kappa shape index (κ2) is 4.87. The van der Waals surface area contributed by atoms with Crippen molar-refractivity contribution in [2.75, 3.05) is 6.61 Å². The zero-order valence-corrected chi connectivity index (χ0v) is 12.6. The first-order valence-corrected chi connectivity index (χ1v) is 7.61. The van der Waals surface area contributed by atoms with Gasteiger partial charge in [0.15, 0.2) is 0 Å². The number of carbonyl (C=O) groups is 2. The maximum absolute atomic E-state index is 12.8. The van der Waals surface area contributed by atoms with Gasteiger partial charge in [0.25, 0.3) is 5.91 Å². The van der Waals surface area contributed by atoms with Crippen LogP contribution in [0, 0.1) is 0 Å². The number of carbonyl (C=O) groups excluding carboxylic acids is 2. The third-order valence-electron chi connectivity index (χ3n) is 4.55. The van der Waals surface area contributed by atoms with Crippen LogP contribution in [0.15, 0.2) is 30.5 Å². The smallest absolute Gasteiger partial charge is 0.316 e. The van der Waals surface area contributed by atoms with Gasteiger partial charge in [0.1, 0.15) is 5.41 Å². The van der Waals surface area contributed by atoms with E-state index in [4.69, 9.17) is 4.74 Å². The highest BCUT2D eigenvalue weighted by atomic mass is 16.5. The van der Waals surface area contributed by atoms with Crippen molar-refractivity contribution in [2.45, 2.75) is 25.2 Å². The van der Waals surface area contributed by atoms with Gasteiger partial charge in [0.05, 0.1) is 17.9 Å². The SMILES string of the molecule is CCOc1ncc2c(n1)C1(CCc3ccccc31)C(=O)NC2=O. The first kappa shape index (κ1) is 13.9. The summed E-state index contributed by atoms with van der Waals surface area (Å²) in [6.07, 6.45) is 2.80. The average molecular weight is 309 g/mol. The van der Waals surface area contributed by atoms with Gasteiger partial charge in [-0.1, -0.05) is 24.3 Å². The number of benzene rings is 1. The number of amides is 2. The first-order valence-electron chi connectivity index (χ1n) is 7.61. The van der Waals surface area contributed by atoms with Gasteiger partial charge in [-0.3, -0.25) is 14.9 Å². The maximum atomic E-state index is 12.8. The summed E-state index contributed by atoms with van der Waals surface area (Å²) >= 11 is 0. The Balaban J connectivity index is 1.99. The molecule has 6 nitrogen and oxygen atoms in total. The molecule has 2 aromatic rings. The van der Waals surface area contributed by atoms with Gasteiger partial charge in [-0.25, -0.2) is 4.98 Å². The second-order valence-electron chi connectivity index (χ2n) is 5.69. The van der Waals surface area contributed by atoms with Crippen molar-refractivity contribution in [3.63, 3.8) is 0 Å². The van der Waals surface area contributed by atoms with Gasteiger partial charge in [0, 0.05) is 6.20 Å². The topological polar surface area (TPSA) is 81.2 Å². The van der Waals surface area contributed by atoms with Gasteiger partial charge in [0.2, 0.25) is 5.91 Å². The van der Waals surface area contributed by atoms with Crippen LogP contribution in [0.2, 0.25) is 0 Å². The molecule has 1 N–H and O–H groups in total. The monoisotopic (exact) mass is 309 g/mol. The number of aromatic nitrogens is 2. The molecule has 0 radical (unpaired) electrons. The van der Waals surface area contributed by atoms with Crippen molar-refractivity contribution < 1.29 is 14.3 Å². The lowest BCUT2D eigenvalue weighted by atomic mass is 9.74. The van der Waals surface area contributed by atoms with Crippen LogP contribution < -0.4 is 10.1 Å². The van der Waals surface area contributed by atoms with Crippen LogP contribution in [-0.4, -0.2) is 28.4 Å². The molecular formula is C17H15N3O3. The van der Waals surface area contributed by atoms with E-state index in [2.05, 4.69) is 15.3 Å². The van der Waals surface area contributed by atoms with Crippen molar-refractivity contribution in [2.24, 2.45) is 0 Å². The Bertz CT molecular complexity index is 834. The summed E-state index contributed by atoms with van der Waals surface area (Å²) < 4.78 is 5.37. The van der Waals surface area contributed by atoms with Crippen LogP contribution in [0.4, 0.5) is 0 Å². The molecule has 1 aromatic heterocycles. The Morgan fingerprint density at radius 2 is 2.13 bits per heavy atom. The number of hydrogen-bond donors (Lipinski definition) is 1. The summed E-state index contributed by atoms with van der Waals surface area (Å²) in [6, 6.07) is 8.00. The summed E-state index contributed by atoms with van der Waals surface area (Å²) in [6.45, 7) is 2.25. The lowest BCUT2D eigenvalue weighted by Crippen LogP contribution is -2.52. The minimum Gasteiger partial charge on any atom is -0.464 e. The molecule has 2 amide bonds. The van der Waals surface area contributed by atoms with E-state index < -0.39 is 11.3 Å². The largest absolute Gasteiger partial charge is 0.464 e. The van der Waals surface area contributed by atoms with E-state index in [0.29, 0.717) is 24.3 Å². The predicted molar refractivity (Wildman–Crippen MR) is 81.2 cm³/mol. The van der Waals surface area contributed by atoms with E-state index in [0.717, 1.165) is 17.5 Å². The van der Waals surface area contributed by atoms with Crippen LogP contribution in [0.25, 0.3) is 0 Å². The molecular weight excluding hydrogens is 294 g/mol. The second-order valence-corrected chi connectivity index (χ2v) is 5.69. The molecule has 116 valence electrons. The standard InChI is InChI=1S/C17H15N3O3/c1-2-23-16-18-9-11-13(19-16)17(15(22)20-14(11)21)8-7-10-5-3-4-6-12(10)17/h3-6,9H,2,7-8H2,1H3,(H,20,21,22). The lowest BCUT2D eigenvalue weighted by molar-refractivity contribution is -0.124. The molecule has 0 bridgehead atoms. The van der Waals surface area contributed by atoms with Gasteiger partial charge >= 0.3 is 6.01 Å². The van der Waals surface area contributed by atoms with Gasteiger partial charge in [-0.2, -0.15) is 4.98 Å². The predicted octanol–water partition coefficient (Wildman–Crippen LogP) is 1.38. The Labute approximate surface area is 132 Å². The summed E-state index contributed by atoms with van der Waals surface area (Å²) in [5.41, 5.74) is 1.88. The molecule has 1 spiro atoms. The van der Waals surface area contributed by atoms with Crippen LogP contribution in [0.1, 0.15) is 40.5 Å². The first-order chi connectivity index (χ1) is 11.2. The number of aryl methyl sites for hydroxylation is 1. The number of imide groups is 1. The fraction of sp³-hybridized carbons (Fsp3) is 0.294. The van der Waals surface area contributed by atoms with Crippen molar-refractivity contribution in [1.82, 2.24) is 15.3 Å².